The largest absolute Gasteiger partial charge is 0.480 e. The Labute approximate surface area is 196 Å². The zero-order chi connectivity index (χ0) is 23.8. The van der Waals surface area contributed by atoms with Crippen LogP contribution in [0, 0.1) is 0 Å². The molecule has 2 amide bonds. The predicted octanol–water partition coefficient (Wildman–Crippen LogP) is 2.55. The zero-order valence-corrected chi connectivity index (χ0v) is 19.2. The summed E-state index contributed by atoms with van der Waals surface area (Å²) in [5, 5.41) is 21.6. The van der Waals surface area contributed by atoms with Gasteiger partial charge in [-0.2, -0.15) is 11.8 Å². The van der Waals surface area contributed by atoms with Gasteiger partial charge in [-0.05, 0) is 28.5 Å². The topological polar surface area (TPSA) is 116 Å². The van der Waals surface area contributed by atoms with Crippen LogP contribution in [0.2, 0.25) is 0 Å². The molecule has 3 N–H and O–H groups in total. The third-order valence-corrected chi connectivity index (χ3v) is 6.07. The van der Waals surface area contributed by atoms with E-state index in [1.807, 2.05) is 42.7 Å². The summed E-state index contributed by atoms with van der Waals surface area (Å²) in [5.74, 6) is -1.08. The van der Waals surface area contributed by atoms with Gasteiger partial charge in [0.25, 0.3) is 0 Å². The number of benzene rings is 2. The molecule has 33 heavy (non-hydrogen) atoms. The highest BCUT2D eigenvalue weighted by Crippen LogP contribution is 2.44. The lowest BCUT2D eigenvalue weighted by molar-refractivity contribution is -0.145. The fourth-order valence-electron chi connectivity index (χ4n) is 3.91. The maximum atomic E-state index is 12.3. The molecule has 0 heterocycles. The number of nitrogens with zero attached hydrogens (tertiary/aromatic N) is 1. The molecular weight excluding hydrogens is 444 g/mol. The smallest absolute Gasteiger partial charge is 0.407 e. The van der Waals surface area contributed by atoms with E-state index in [9.17, 15) is 19.5 Å². The summed E-state index contributed by atoms with van der Waals surface area (Å²) in [4.78, 5) is 36.7. The summed E-state index contributed by atoms with van der Waals surface area (Å²) in [6, 6.07) is 16.0. The van der Waals surface area contributed by atoms with E-state index in [-0.39, 0.29) is 32.0 Å². The molecule has 0 spiro atoms. The number of carbonyl (C=O) groups excluding carboxylic acids is 2. The second kappa shape index (κ2) is 11.7. The van der Waals surface area contributed by atoms with Crippen molar-refractivity contribution >= 4 is 29.7 Å². The highest BCUT2D eigenvalue weighted by Gasteiger charge is 2.29. The average Bonchev–Trinajstić information content (AvgIpc) is 3.12. The summed E-state index contributed by atoms with van der Waals surface area (Å²) in [5.41, 5.74) is 4.45. The second-order valence-electron chi connectivity index (χ2n) is 7.77. The van der Waals surface area contributed by atoms with E-state index >= 15 is 0 Å². The molecule has 1 aliphatic rings. The van der Waals surface area contributed by atoms with Crippen LogP contribution in [0.1, 0.15) is 23.5 Å². The minimum Gasteiger partial charge on any atom is -0.480 e. The number of carboxylic acid groups (broad SMARTS) is 1. The van der Waals surface area contributed by atoms with E-state index in [1.54, 1.807) is 0 Å². The second-order valence-corrected chi connectivity index (χ2v) is 8.75. The van der Waals surface area contributed by atoms with E-state index in [1.165, 1.54) is 16.7 Å². The Morgan fingerprint density at radius 1 is 1.09 bits per heavy atom. The molecule has 0 bridgehead atoms. The lowest BCUT2D eigenvalue weighted by Crippen LogP contribution is -2.41. The molecular formula is C24H28N2O6S. The van der Waals surface area contributed by atoms with Crippen molar-refractivity contribution in [2.75, 3.05) is 38.2 Å². The number of carbonyl (C=O) groups is 3. The number of carboxylic acids is 1. The van der Waals surface area contributed by atoms with Crippen LogP contribution in [0.25, 0.3) is 11.1 Å². The summed E-state index contributed by atoms with van der Waals surface area (Å²) in [6.07, 6.45) is -0.265. The third kappa shape index (κ3) is 6.49. The normalized spacial score (nSPS) is 13.0. The highest BCUT2D eigenvalue weighted by atomic mass is 32.2. The molecule has 1 atom stereocenters. The molecule has 0 fully saturated rings. The quantitative estimate of drug-likeness (QED) is 0.460. The average molecular weight is 473 g/mol. The van der Waals surface area contributed by atoms with Gasteiger partial charge in [0.15, 0.2) is 0 Å². The molecule has 8 nitrogen and oxygen atoms in total. The Morgan fingerprint density at radius 3 is 2.27 bits per heavy atom. The van der Waals surface area contributed by atoms with Crippen molar-refractivity contribution < 1.29 is 29.3 Å². The minimum absolute atomic E-state index is 0.0735. The van der Waals surface area contributed by atoms with Gasteiger partial charge in [-0.3, -0.25) is 9.59 Å². The molecule has 9 heteroatoms. The van der Waals surface area contributed by atoms with Gasteiger partial charge in [0.1, 0.15) is 13.2 Å². The van der Waals surface area contributed by atoms with Crippen molar-refractivity contribution in [1.29, 1.82) is 0 Å². The first-order valence-electron chi connectivity index (χ1n) is 10.7. The van der Waals surface area contributed by atoms with Gasteiger partial charge in [-0.15, -0.1) is 0 Å². The number of fused-ring (bicyclic) bond motifs is 3. The molecule has 176 valence electrons. The van der Waals surface area contributed by atoms with E-state index in [0.717, 1.165) is 22.3 Å². The number of amides is 2. The number of aliphatic carboxylic acids is 1. The van der Waals surface area contributed by atoms with Gasteiger partial charge in [0, 0.05) is 24.8 Å². The zero-order valence-electron chi connectivity index (χ0n) is 18.4. The van der Waals surface area contributed by atoms with E-state index in [0.29, 0.717) is 5.75 Å². The lowest BCUT2D eigenvalue weighted by Gasteiger charge is -2.22. The molecule has 0 saturated heterocycles. The number of hydrogen-bond acceptors (Lipinski definition) is 6. The number of aliphatic hydroxyl groups excluding tert-OH is 1. The van der Waals surface area contributed by atoms with Crippen LogP contribution in [0.4, 0.5) is 4.79 Å². The van der Waals surface area contributed by atoms with Crippen LogP contribution >= 0.6 is 11.8 Å². The molecule has 1 unspecified atom stereocenters. The van der Waals surface area contributed by atoms with E-state index < -0.39 is 30.6 Å². The standard InChI is InChI=1S/C24H28N2O6S/c1-33-11-10-26(14-23(29)30)22(28)12-16(27)13-25-24(31)32-15-21-19-8-4-2-6-17(19)18-7-3-5-9-20(18)21/h2-9,16,21,27H,10-15H2,1H3,(H,25,31)(H,29,30). The number of hydrogen-bond donors (Lipinski definition) is 3. The summed E-state index contributed by atoms with van der Waals surface area (Å²) in [6.45, 7) is -0.174. The van der Waals surface area contributed by atoms with Gasteiger partial charge in [-0.25, -0.2) is 4.79 Å². The molecule has 2 aromatic carbocycles. The molecule has 1 aliphatic carbocycles. The monoisotopic (exact) mass is 472 g/mol. The van der Waals surface area contributed by atoms with Crippen LogP contribution in [0.15, 0.2) is 48.5 Å². The van der Waals surface area contributed by atoms with Gasteiger partial charge >= 0.3 is 12.1 Å². The van der Waals surface area contributed by atoms with Crippen molar-refractivity contribution in [3.8, 4) is 11.1 Å². The number of ether oxygens (including phenoxy) is 1. The summed E-state index contributed by atoms with van der Waals surface area (Å²) < 4.78 is 5.41. The van der Waals surface area contributed by atoms with Crippen LogP contribution in [0.5, 0.6) is 0 Å². The maximum absolute atomic E-state index is 12.3. The van der Waals surface area contributed by atoms with Gasteiger partial charge < -0.3 is 25.2 Å². The predicted molar refractivity (Wildman–Crippen MR) is 126 cm³/mol. The molecule has 3 rings (SSSR count). The fraction of sp³-hybridized carbons (Fsp3) is 0.375. The first-order valence-corrected chi connectivity index (χ1v) is 12.1. The Morgan fingerprint density at radius 2 is 1.70 bits per heavy atom. The van der Waals surface area contributed by atoms with Crippen molar-refractivity contribution in [3.63, 3.8) is 0 Å². The van der Waals surface area contributed by atoms with Crippen LogP contribution in [0.3, 0.4) is 0 Å². The lowest BCUT2D eigenvalue weighted by atomic mass is 9.98. The Hall–Kier alpha value is -3.04. The number of rotatable bonds is 11. The van der Waals surface area contributed by atoms with Crippen molar-refractivity contribution in [2.24, 2.45) is 0 Å². The number of nitrogens with one attached hydrogen (secondary N) is 1. The SMILES string of the molecule is CSCCN(CC(=O)O)C(=O)CC(O)CNC(=O)OCC1c2ccccc2-c2ccccc21. The molecule has 2 aromatic rings. The molecule has 0 radical (unpaired) electrons. The van der Waals surface area contributed by atoms with Crippen LogP contribution < -0.4 is 5.32 Å². The van der Waals surface area contributed by atoms with Crippen molar-refractivity contribution in [2.45, 2.75) is 18.4 Å². The summed E-state index contributed by atoms with van der Waals surface area (Å²) >= 11 is 1.49. The first-order chi connectivity index (χ1) is 15.9. The van der Waals surface area contributed by atoms with Crippen molar-refractivity contribution in [1.82, 2.24) is 10.2 Å². The molecule has 0 aliphatic heterocycles. The highest BCUT2D eigenvalue weighted by molar-refractivity contribution is 7.98. The van der Waals surface area contributed by atoms with Gasteiger partial charge in [0.05, 0.1) is 12.5 Å². The third-order valence-electron chi connectivity index (χ3n) is 5.48. The van der Waals surface area contributed by atoms with Crippen LogP contribution in [-0.4, -0.2) is 77.4 Å². The Bertz CT molecular complexity index is 953. The summed E-state index contributed by atoms with van der Waals surface area (Å²) in [7, 11) is 0. The maximum Gasteiger partial charge on any atom is 0.407 e. The fourth-order valence-corrected chi connectivity index (χ4v) is 4.31. The number of alkyl carbamates (subject to hydrolysis) is 1. The van der Waals surface area contributed by atoms with E-state index in [4.69, 9.17) is 9.84 Å². The number of aliphatic hydroxyl groups is 1. The van der Waals surface area contributed by atoms with Gasteiger partial charge in [0.2, 0.25) is 5.91 Å². The number of thioether (sulfide) groups is 1. The van der Waals surface area contributed by atoms with E-state index in [2.05, 4.69) is 17.4 Å². The van der Waals surface area contributed by atoms with Crippen LogP contribution in [-0.2, 0) is 14.3 Å². The first kappa shape index (κ1) is 24.6. The van der Waals surface area contributed by atoms with Gasteiger partial charge in [-0.1, -0.05) is 48.5 Å². The minimum atomic E-state index is -1.15. The van der Waals surface area contributed by atoms with Crippen molar-refractivity contribution in [3.05, 3.63) is 59.7 Å². The molecule has 0 saturated carbocycles. The Balaban J connectivity index is 1.49. The molecule has 0 aromatic heterocycles. The Kier molecular flexibility index (Phi) is 8.73.